The number of benzene rings is 3. The van der Waals surface area contributed by atoms with Crippen molar-refractivity contribution in [2.45, 2.75) is 38.8 Å². The number of anilines is 1. The third-order valence-electron chi connectivity index (χ3n) is 6.01. The average Bonchev–Trinajstić information content (AvgIpc) is 3.25. The molecular formula is C26H27ClN2O3S. The summed E-state index contributed by atoms with van der Waals surface area (Å²) in [4.78, 5) is 12.8. The number of sulfonamides is 1. The number of carbonyl (C=O) groups excluding carboxylic acids is 1. The number of fused-ring (bicyclic) bond motifs is 1. The molecule has 0 bridgehead atoms. The second-order valence-electron chi connectivity index (χ2n) is 8.52. The van der Waals surface area contributed by atoms with Crippen LogP contribution in [0.5, 0.6) is 0 Å². The largest absolute Gasteiger partial charge is 0.346 e. The number of aryl methyl sites for hydroxylation is 2. The highest BCUT2D eigenvalue weighted by Crippen LogP contribution is 2.26. The Morgan fingerprint density at radius 3 is 2.45 bits per heavy atom. The molecule has 3 aromatic rings. The zero-order valence-electron chi connectivity index (χ0n) is 18.7. The van der Waals surface area contributed by atoms with Crippen molar-refractivity contribution in [3.05, 3.63) is 99.6 Å². The molecule has 1 amide bonds. The van der Waals surface area contributed by atoms with E-state index in [-0.39, 0.29) is 18.5 Å². The van der Waals surface area contributed by atoms with Gasteiger partial charge in [-0.3, -0.25) is 9.10 Å². The van der Waals surface area contributed by atoms with Crippen LogP contribution in [0.1, 0.15) is 52.0 Å². The fraction of sp³-hybridized carbons (Fsp3) is 0.269. The summed E-state index contributed by atoms with van der Waals surface area (Å²) in [5, 5.41) is 3.52. The molecule has 1 aliphatic rings. The summed E-state index contributed by atoms with van der Waals surface area (Å²) >= 11 is 6.05. The van der Waals surface area contributed by atoms with Gasteiger partial charge >= 0.3 is 0 Å². The van der Waals surface area contributed by atoms with E-state index in [1.807, 2.05) is 6.92 Å². The maximum absolute atomic E-state index is 12.8. The molecule has 1 aliphatic carbocycles. The lowest BCUT2D eigenvalue weighted by Crippen LogP contribution is -2.29. The van der Waals surface area contributed by atoms with Crippen LogP contribution in [0.2, 0.25) is 5.02 Å². The molecule has 0 fully saturated rings. The van der Waals surface area contributed by atoms with Crippen LogP contribution in [0.3, 0.4) is 0 Å². The van der Waals surface area contributed by atoms with Gasteiger partial charge in [0.1, 0.15) is 0 Å². The first-order chi connectivity index (χ1) is 15.7. The Bertz CT molecular complexity index is 1270. The van der Waals surface area contributed by atoms with Gasteiger partial charge < -0.3 is 5.32 Å². The molecule has 0 aliphatic heterocycles. The third kappa shape index (κ3) is 5.57. The first kappa shape index (κ1) is 23.3. The number of hydrogen-bond acceptors (Lipinski definition) is 3. The van der Waals surface area contributed by atoms with E-state index < -0.39 is 10.0 Å². The molecule has 0 heterocycles. The second kappa shape index (κ2) is 9.57. The van der Waals surface area contributed by atoms with E-state index in [9.17, 15) is 13.2 Å². The highest BCUT2D eigenvalue weighted by Gasteiger charge is 2.19. The number of hydrogen-bond donors (Lipinski definition) is 1. The van der Waals surface area contributed by atoms with Crippen molar-refractivity contribution in [2.24, 2.45) is 0 Å². The predicted octanol–water partition coefficient (Wildman–Crippen LogP) is 5.29. The molecule has 0 spiro atoms. The molecule has 1 N–H and O–H groups in total. The molecule has 1 atom stereocenters. The molecule has 0 radical (unpaired) electrons. The first-order valence-electron chi connectivity index (χ1n) is 11.0. The van der Waals surface area contributed by atoms with Gasteiger partial charge in [0, 0.05) is 10.6 Å². The highest BCUT2D eigenvalue weighted by molar-refractivity contribution is 7.92. The van der Waals surface area contributed by atoms with Crippen LogP contribution in [0, 0.1) is 0 Å². The van der Waals surface area contributed by atoms with Crippen molar-refractivity contribution in [2.75, 3.05) is 10.6 Å². The van der Waals surface area contributed by atoms with Crippen LogP contribution in [0.25, 0.3) is 0 Å². The molecule has 3 aromatic carbocycles. The van der Waals surface area contributed by atoms with Gasteiger partial charge in [0.15, 0.2) is 0 Å². The van der Waals surface area contributed by atoms with Gasteiger partial charge in [0.2, 0.25) is 10.0 Å². The van der Waals surface area contributed by atoms with Gasteiger partial charge in [-0.05, 0) is 78.8 Å². The summed E-state index contributed by atoms with van der Waals surface area (Å²) in [6.45, 7) is 2.13. The second-order valence-corrected chi connectivity index (χ2v) is 10.9. The van der Waals surface area contributed by atoms with E-state index in [1.54, 1.807) is 48.5 Å². The summed E-state index contributed by atoms with van der Waals surface area (Å²) in [7, 11) is -3.51. The van der Waals surface area contributed by atoms with E-state index >= 15 is 0 Å². The van der Waals surface area contributed by atoms with Gasteiger partial charge in [-0.2, -0.15) is 0 Å². The monoisotopic (exact) mass is 482 g/mol. The van der Waals surface area contributed by atoms with Gasteiger partial charge in [0.25, 0.3) is 5.91 Å². The fourth-order valence-corrected chi connectivity index (χ4v) is 5.25. The maximum atomic E-state index is 12.8. The highest BCUT2D eigenvalue weighted by atomic mass is 35.5. The van der Waals surface area contributed by atoms with E-state index in [0.29, 0.717) is 16.3 Å². The van der Waals surface area contributed by atoms with Crippen LogP contribution in [0.15, 0.2) is 66.7 Å². The van der Waals surface area contributed by atoms with Crippen molar-refractivity contribution >= 4 is 33.2 Å². The van der Waals surface area contributed by atoms with Crippen molar-refractivity contribution < 1.29 is 13.2 Å². The molecule has 7 heteroatoms. The summed E-state index contributed by atoms with van der Waals surface area (Å²) < 4.78 is 26.0. The van der Waals surface area contributed by atoms with Crippen LogP contribution < -0.4 is 9.62 Å². The van der Waals surface area contributed by atoms with Crippen molar-refractivity contribution in [3.63, 3.8) is 0 Å². The number of carbonyl (C=O) groups is 1. The van der Waals surface area contributed by atoms with Crippen molar-refractivity contribution in [1.82, 2.24) is 5.32 Å². The van der Waals surface area contributed by atoms with Crippen molar-refractivity contribution in [3.8, 4) is 0 Å². The number of nitrogens with one attached hydrogen (secondary N) is 1. The minimum Gasteiger partial charge on any atom is -0.346 e. The first-order valence-corrected chi connectivity index (χ1v) is 13.2. The predicted molar refractivity (Wildman–Crippen MR) is 133 cm³/mol. The molecule has 0 aromatic heterocycles. The normalized spacial score (nSPS) is 13.9. The Labute approximate surface area is 200 Å². The Morgan fingerprint density at radius 2 is 1.76 bits per heavy atom. The Morgan fingerprint density at radius 1 is 1.03 bits per heavy atom. The summed E-state index contributed by atoms with van der Waals surface area (Å²) in [6.07, 6.45) is 4.60. The molecule has 33 heavy (non-hydrogen) atoms. The lowest BCUT2D eigenvalue weighted by molar-refractivity contribution is 0.0940. The maximum Gasteiger partial charge on any atom is 0.251 e. The molecule has 4 rings (SSSR count). The van der Waals surface area contributed by atoms with Gasteiger partial charge in [-0.1, -0.05) is 48.0 Å². The summed E-state index contributed by atoms with van der Waals surface area (Å²) in [5.74, 6) is -0.163. The summed E-state index contributed by atoms with van der Waals surface area (Å²) in [6, 6.07) is 20.1. The van der Waals surface area contributed by atoms with Gasteiger partial charge in [0.05, 0.1) is 24.5 Å². The lowest BCUT2D eigenvalue weighted by atomic mass is 10.0. The smallest absolute Gasteiger partial charge is 0.251 e. The van der Waals surface area contributed by atoms with Crippen LogP contribution in [-0.2, 0) is 29.4 Å². The molecule has 0 saturated heterocycles. The Hall–Kier alpha value is -2.83. The number of amides is 1. The van der Waals surface area contributed by atoms with E-state index in [1.165, 1.54) is 21.9 Å². The van der Waals surface area contributed by atoms with E-state index in [4.69, 9.17) is 11.6 Å². The van der Waals surface area contributed by atoms with Crippen molar-refractivity contribution in [1.29, 1.82) is 0 Å². The Balaban J connectivity index is 1.45. The quantitative estimate of drug-likeness (QED) is 0.497. The van der Waals surface area contributed by atoms with Gasteiger partial charge in [-0.25, -0.2) is 8.42 Å². The topological polar surface area (TPSA) is 66.5 Å². The van der Waals surface area contributed by atoms with Crippen LogP contribution in [0.4, 0.5) is 5.69 Å². The zero-order chi connectivity index (χ0) is 23.6. The third-order valence-corrected chi connectivity index (χ3v) is 7.38. The van der Waals surface area contributed by atoms with Gasteiger partial charge in [-0.15, -0.1) is 0 Å². The zero-order valence-corrected chi connectivity index (χ0v) is 20.3. The molecule has 1 unspecified atom stereocenters. The standard InChI is InChI=1S/C26H27ClN2O3S/c1-18(22-14-13-20-5-3-6-23(20)15-22)28-26(30)21-11-9-19(10-12-21)17-29(33(2,31)32)25-8-4-7-24(27)16-25/h4,7-16,18H,3,5-6,17H2,1-2H3,(H,28,30). The molecule has 5 nitrogen and oxygen atoms in total. The number of nitrogens with zero attached hydrogens (tertiary/aromatic N) is 1. The fourth-order valence-electron chi connectivity index (χ4n) is 4.18. The minimum atomic E-state index is -3.51. The molecule has 172 valence electrons. The van der Waals surface area contributed by atoms with Crippen LogP contribution in [-0.4, -0.2) is 20.6 Å². The SMILES string of the molecule is CC(NC(=O)c1ccc(CN(c2cccc(Cl)c2)S(C)(=O)=O)cc1)c1ccc2c(c1)CCC2. The Kier molecular flexibility index (Phi) is 6.77. The lowest BCUT2D eigenvalue weighted by Gasteiger charge is -2.23. The summed E-state index contributed by atoms with van der Waals surface area (Å²) in [5.41, 5.74) is 5.69. The van der Waals surface area contributed by atoms with Crippen LogP contribution >= 0.6 is 11.6 Å². The minimum absolute atomic E-state index is 0.105. The number of rotatable bonds is 7. The number of halogens is 1. The molecule has 0 saturated carbocycles. The van der Waals surface area contributed by atoms with E-state index in [0.717, 1.165) is 30.2 Å². The average molecular weight is 483 g/mol. The molecular weight excluding hydrogens is 456 g/mol. The van der Waals surface area contributed by atoms with E-state index in [2.05, 4.69) is 23.5 Å².